The second kappa shape index (κ2) is 8.05. The molecule has 5 nitrogen and oxygen atoms in total. The third-order valence-corrected chi connectivity index (χ3v) is 5.76. The number of rotatable bonds is 5. The maximum atomic E-state index is 12.4. The van der Waals surface area contributed by atoms with Crippen molar-refractivity contribution in [2.24, 2.45) is 0 Å². The SMILES string of the molecule is Cc1ccc(C(=O)CSc2nc(N)c(C#N)c(-c3cccs3)c2C#N)cc1. The number of aryl methyl sites for hydroxylation is 1. The minimum atomic E-state index is -0.0636. The highest BCUT2D eigenvalue weighted by atomic mass is 32.2. The second-order valence-electron chi connectivity index (χ2n) is 5.71. The number of aromatic nitrogens is 1. The van der Waals surface area contributed by atoms with E-state index in [1.54, 1.807) is 12.1 Å². The summed E-state index contributed by atoms with van der Waals surface area (Å²) in [5.74, 6) is 0.122. The molecule has 1 aromatic carbocycles. The summed E-state index contributed by atoms with van der Waals surface area (Å²) in [6.45, 7) is 1.96. The Morgan fingerprint density at radius 3 is 2.48 bits per heavy atom. The molecule has 2 aromatic heterocycles. The molecule has 0 radical (unpaired) electrons. The molecule has 3 aromatic rings. The van der Waals surface area contributed by atoms with Gasteiger partial charge < -0.3 is 5.73 Å². The molecule has 2 heterocycles. The third kappa shape index (κ3) is 3.85. The Morgan fingerprint density at radius 2 is 1.89 bits per heavy atom. The molecule has 0 aliphatic heterocycles. The van der Waals surface area contributed by atoms with E-state index in [1.165, 1.54) is 11.3 Å². The van der Waals surface area contributed by atoms with Gasteiger partial charge in [-0.15, -0.1) is 11.3 Å². The summed E-state index contributed by atoms with van der Waals surface area (Å²) in [5.41, 5.74) is 8.57. The summed E-state index contributed by atoms with van der Waals surface area (Å²) in [6, 6.07) is 15.2. The van der Waals surface area contributed by atoms with Gasteiger partial charge >= 0.3 is 0 Å². The number of nitriles is 2. The van der Waals surface area contributed by atoms with Crippen LogP contribution in [0.5, 0.6) is 0 Å². The molecule has 132 valence electrons. The van der Waals surface area contributed by atoms with Gasteiger partial charge in [-0.1, -0.05) is 47.7 Å². The van der Waals surface area contributed by atoms with Gasteiger partial charge in [0.1, 0.15) is 28.5 Å². The number of carbonyl (C=O) groups excluding carboxylic acids is 1. The van der Waals surface area contributed by atoms with Crippen molar-refractivity contribution >= 4 is 34.7 Å². The van der Waals surface area contributed by atoms with Crippen molar-refractivity contribution in [2.45, 2.75) is 11.9 Å². The lowest BCUT2D eigenvalue weighted by Crippen LogP contribution is -2.06. The molecular formula is C20H14N4OS2. The number of nitrogen functional groups attached to an aromatic ring is 1. The standard InChI is InChI=1S/C20H14N4OS2/c1-12-4-6-13(7-5-12)16(25)11-27-20-15(10-22)18(17-3-2-8-26-17)14(9-21)19(23)24-20/h2-8H,11H2,1H3,(H2,23,24). The third-order valence-electron chi connectivity index (χ3n) is 3.90. The van der Waals surface area contributed by atoms with E-state index in [-0.39, 0.29) is 28.5 Å². The van der Waals surface area contributed by atoms with Gasteiger partial charge in [-0.05, 0) is 18.4 Å². The van der Waals surface area contributed by atoms with Gasteiger partial charge in [-0.25, -0.2) is 4.98 Å². The Labute approximate surface area is 165 Å². The Hall–Kier alpha value is -3.13. The number of hydrogen-bond acceptors (Lipinski definition) is 7. The summed E-state index contributed by atoms with van der Waals surface area (Å²) < 4.78 is 0. The summed E-state index contributed by atoms with van der Waals surface area (Å²) >= 11 is 2.57. The maximum absolute atomic E-state index is 12.4. The molecule has 7 heteroatoms. The van der Waals surface area contributed by atoms with Crippen LogP contribution in [0.3, 0.4) is 0 Å². The zero-order valence-corrected chi connectivity index (χ0v) is 16.0. The number of thioether (sulfide) groups is 1. The molecule has 0 saturated heterocycles. The largest absolute Gasteiger partial charge is 0.383 e. The molecule has 0 fully saturated rings. The van der Waals surface area contributed by atoms with Crippen LogP contribution in [-0.2, 0) is 0 Å². The van der Waals surface area contributed by atoms with Crippen LogP contribution < -0.4 is 5.73 Å². The molecule has 0 unspecified atom stereocenters. The van der Waals surface area contributed by atoms with Crippen LogP contribution in [-0.4, -0.2) is 16.5 Å². The van der Waals surface area contributed by atoms with Gasteiger partial charge in [-0.3, -0.25) is 4.79 Å². The average molecular weight is 390 g/mol. The Balaban J connectivity index is 1.97. The van der Waals surface area contributed by atoms with E-state index in [2.05, 4.69) is 11.1 Å². The van der Waals surface area contributed by atoms with Crippen LogP contribution >= 0.6 is 23.1 Å². The van der Waals surface area contributed by atoms with Crippen molar-refractivity contribution in [1.82, 2.24) is 4.98 Å². The number of thiophene rings is 1. The molecule has 0 spiro atoms. The fourth-order valence-corrected chi connectivity index (χ4v) is 4.20. The smallest absolute Gasteiger partial charge is 0.173 e. The van der Waals surface area contributed by atoms with E-state index in [1.807, 2.05) is 42.6 Å². The molecule has 0 aliphatic carbocycles. The van der Waals surface area contributed by atoms with E-state index in [0.717, 1.165) is 22.2 Å². The molecule has 0 amide bonds. The van der Waals surface area contributed by atoms with Crippen LogP contribution in [0.2, 0.25) is 0 Å². The summed E-state index contributed by atoms with van der Waals surface area (Å²) in [4.78, 5) is 17.4. The molecular weight excluding hydrogens is 376 g/mol. The summed E-state index contributed by atoms with van der Waals surface area (Å²) in [6.07, 6.45) is 0. The minimum Gasteiger partial charge on any atom is -0.383 e. The summed E-state index contributed by atoms with van der Waals surface area (Å²) in [5, 5.41) is 21.4. The van der Waals surface area contributed by atoms with Gasteiger partial charge in [0.2, 0.25) is 0 Å². The van der Waals surface area contributed by atoms with Crippen molar-refractivity contribution in [2.75, 3.05) is 11.5 Å². The highest BCUT2D eigenvalue weighted by molar-refractivity contribution is 8.00. The van der Waals surface area contributed by atoms with E-state index < -0.39 is 0 Å². The highest BCUT2D eigenvalue weighted by Gasteiger charge is 2.21. The minimum absolute atomic E-state index is 0.0604. The molecule has 2 N–H and O–H groups in total. The first-order valence-corrected chi connectivity index (χ1v) is 9.82. The second-order valence-corrected chi connectivity index (χ2v) is 7.62. The van der Waals surface area contributed by atoms with Crippen molar-refractivity contribution in [3.05, 3.63) is 64.0 Å². The number of benzene rings is 1. The highest BCUT2D eigenvalue weighted by Crippen LogP contribution is 2.37. The topological polar surface area (TPSA) is 104 Å². The van der Waals surface area contributed by atoms with Crippen molar-refractivity contribution in [3.8, 4) is 22.6 Å². The number of nitrogens with zero attached hydrogens (tertiary/aromatic N) is 3. The van der Waals surface area contributed by atoms with Gasteiger partial charge in [-0.2, -0.15) is 10.5 Å². The first-order chi connectivity index (χ1) is 13.0. The van der Waals surface area contributed by atoms with Crippen LogP contribution in [0.1, 0.15) is 27.0 Å². The van der Waals surface area contributed by atoms with Crippen molar-refractivity contribution in [1.29, 1.82) is 10.5 Å². The first kappa shape index (κ1) is 18.7. The van der Waals surface area contributed by atoms with Crippen molar-refractivity contribution in [3.63, 3.8) is 0 Å². The molecule has 0 bridgehead atoms. The number of anilines is 1. The molecule has 27 heavy (non-hydrogen) atoms. The van der Waals surface area contributed by atoms with Gasteiger partial charge in [0.05, 0.1) is 11.3 Å². The number of ketones is 1. The number of nitrogens with two attached hydrogens (primary N) is 1. The fraction of sp³-hybridized carbons (Fsp3) is 0.100. The lowest BCUT2D eigenvalue weighted by atomic mass is 10.0. The average Bonchev–Trinajstić information content (AvgIpc) is 3.20. The Kier molecular flexibility index (Phi) is 5.56. The molecule has 0 saturated carbocycles. The maximum Gasteiger partial charge on any atom is 0.173 e. The van der Waals surface area contributed by atoms with Crippen molar-refractivity contribution < 1.29 is 4.79 Å². The van der Waals surface area contributed by atoms with Crippen LogP contribution in [0.25, 0.3) is 10.4 Å². The molecule has 3 rings (SSSR count). The van der Waals surface area contributed by atoms with E-state index in [4.69, 9.17) is 5.73 Å². The van der Waals surface area contributed by atoms with Crippen LogP contribution in [0.4, 0.5) is 5.82 Å². The summed E-state index contributed by atoms with van der Waals surface area (Å²) in [7, 11) is 0. The number of hydrogen-bond donors (Lipinski definition) is 1. The Morgan fingerprint density at radius 1 is 1.19 bits per heavy atom. The van der Waals surface area contributed by atoms with Gasteiger partial charge in [0.15, 0.2) is 5.78 Å². The predicted molar refractivity (Wildman–Crippen MR) is 108 cm³/mol. The Bertz CT molecular complexity index is 1080. The van der Waals surface area contributed by atoms with Crippen LogP contribution in [0.15, 0.2) is 46.8 Å². The monoisotopic (exact) mass is 390 g/mol. The molecule has 0 atom stereocenters. The van der Waals surface area contributed by atoms with E-state index >= 15 is 0 Å². The number of pyridine rings is 1. The number of Topliss-reactive ketones (excluding diaryl/α,β-unsaturated/α-hetero) is 1. The van der Waals surface area contributed by atoms with Gasteiger partial charge in [0.25, 0.3) is 0 Å². The first-order valence-electron chi connectivity index (χ1n) is 7.95. The molecule has 0 aliphatic rings. The van der Waals surface area contributed by atoms with Crippen LogP contribution in [0, 0.1) is 29.6 Å². The number of carbonyl (C=O) groups is 1. The lowest BCUT2D eigenvalue weighted by Gasteiger charge is -2.11. The lowest BCUT2D eigenvalue weighted by molar-refractivity contribution is 0.102. The predicted octanol–water partition coefficient (Wildman–Crippen LogP) is 4.42. The zero-order chi connectivity index (χ0) is 19.4. The fourth-order valence-electron chi connectivity index (χ4n) is 2.53. The van der Waals surface area contributed by atoms with Gasteiger partial charge in [0, 0.05) is 16.0 Å². The van der Waals surface area contributed by atoms with E-state index in [9.17, 15) is 15.3 Å². The zero-order valence-electron chi connectivity index (χ0n) is 14.4. The normalized spacial score (nSPS) is 10.2. The quantitative estimate of drug-likeness (QED) is 0.511. The van der Waals surface area contributed by atoms with E-state index in [0.29, 0.717) is 16.2 Å².